The van der Waals surface area contributed by atoms with Gasteiger partial charge in [0.15, 0.2) is 11.5 Å². The van der Waals surface area contributed by atoms with Crippen molar-refractivity contribution in [2.24, 2.45) is 0 Å². The highest BCUT2D eigenvalue weighted by molar-refractivity contribution is 6.17. The highest BCUT2D eigenvalue weighted by Gasteiger charge is 2.17. The molecular weight excluding hydrogens is 290 g/mol. The normalized spacial score (nSPS) is 12.2. The van der Waals surface area contributed by atoms with Crippen LogP contribution in [0, 0.1) is 0 Å². The van der Waals surface area contributed by atoms with E-state index in [0.29, 0.717) is 29.5 Å². The molecule has 0 radical (unpaired) electrons. The van der Waals surface area contributed by atoms with E-state index in [1.165, 1.54) is 0 Å². The van der Waals surface area contributed by atoms with Crippen molar-refractivity contribution in [3.63, 3.8) is 0 Å². The SMILES string of the molecule is O=C(NCc1cccc2c1OCO2)c1ccc(CCl)cc1. The number of ether oxygens (including phenoxy) is 2. The number of carbonyl (C=O) groups excluding carboxylic acids is 1. The van der Waals surface area contributed by atoms with Crippen LogP contribution in [-0.4, -0.2) is 12.7 Å². The van der Waals surface area contributed by atoms with E-state index in [-0.39, 0.29) is 12.7 Å². The lowest BCUT2D eigenvalue weighted by Gasteiger charge is -2.08. The first-order valence-corrected chi connectivity index (χ1v) is 7.12. The van der Waals surface area contributed by atoms with Crippen LogP contribution in [0.15, 0.2) is 42.5 Å². The van der Waals surface area contributed by atoms with Gasteiger partial charge in [0.1, 0.15) is 0 Å². The number of amides is 1. The van der Waals surface area contributed by atoms with Crippen molar-refractivity contribution in [2.45, 2.75) is 12.4 Å². The smallest absolute Gasteiger partial charge is 0.251 e. The molecular formula is C16H14ClNO3. The quantitative estimate of drug-likeness (QED) is 0.883. The van der Waals surface area contributed by atoms with Gasteiger partial charge in [0.05, 0.1) is 0 Å². The summed E-state index contributed by atoms with van der Waals surface area (Å²) in [7, 11) is 0. The molecule has 2 aromatic rings. The van der Waals surface area contributed by atoms with Gasteiger partial charge in [0, 0.05) is 23.6 Å². The number of para-hydroxylation sites is 1. The van der Waals surface area contributed by atoms with E-state index >= 15 is 0 Å². The van der Waals surface area contributed by atoms with E-state index < -0.39 is 0 Å². The first-order valence-electron chi connectivity index (χ1n) is 6.58. The number of alkyl halides is 1. The Bertz CT molecular complexity index is 655. The molecule has 1 aliphatic rings. The van der Waals surface area contributed by atoms with Gasteiger partial charge in [0.25, 0.3) is 5.91 Å². The molecule has 0 saturated heterocycles. The summed E-state index contributed by atoms with van der Waals surface area (Å²) >= 11 is 5.73. The van der Waals surface area contributed by atoms with Crippen molar-refractivity contribution >= 4 is 17.5 Å². The number of rotatable bonds is 4. The summed E-state index contributed by atoms with van der Waals surface area (Å²) in [6, 6.07) is 12.9. The third kappa shape index (κ3) is 2.95. The van der Waals surface area contributed by atoms with Gasteiger partial charge in [-0.05, 0) is 23.8 Å². The Kier molecular flexibility index (Phi) is 3.97. The molecule has 4 nitrogen and oxygen atoms in total. The van der Waals surface area contributed by atoms with E-state index in [1.807, 2.05) is 30.3 Å². The largest absolute Gasteiger partial charge is 0.454 e. The Morgan fingerprint density at radius 2 is 1.95 bits per heavy atom. The molecule has 1 amide bonds. The van der Waals surface area contributed by atoms with Gasteiger partial charge in [-0.15, -0.1) is 11.6 Å². The standard InChI is InChI=1S/C16H14ClNO3/c17-8-11-4-6-12(7-5-11)16(19)18-9-13-2-1-3-14-15(13)21-10-20-14/h1-7H,8-10H2,(H,18,19). The molecule has 0 saturated carbocycles. The highest BCUT2D eigenvalue weighted by Crippen LogP contribution is 2.35. The minimum absolute atomic E-state index is 0.132. The lowest BCUT2D eigenvalue weighted by molar-refractivity contribution is 0.0950. The highest BCUT2D eigenvalue weighted by atomic mass is 35.5. The predicted molar refractivity (Wildman–Crippen MR) is 79.7 cm³/mol. The number of hydrogen-bond donors (Lipinski definition) is 1. The molecule has 3 rings (SSSR count). The van der Waals surface area contributed by atoms with Crippen LogP contribution in [0.1, 0.15) is 21.5 Å². The molecule has 108 valence electrons. The van der Waals surface area contributed by atoms with Crippen molar-refractivity contribution in [1.29, 1.82) is 0 Å². The van der Waals surface area contributed by atoms with Crippen LogP contribution < -0.4 is 14.8 Å². The van der Waals surface area contributed by atoms with E-state index in [2.05, 4.69) is 5.32 Å². The van der Waals surface area contributed by atoms with Crippen molar-refractivity contribution in [3.05, 3.63) is 59.2 Å². The van der Waals surface area contributed by atoms with Crippen LogP contribution in [0.5, 0.6) is 11.5 Å². The molecule has 1 heterocycles. The second kappa shape index (κ2) is 6.06. The molecule has 21 heavy (non-hydrogen) atoms. The number of benzene rings is 2. The molecule has 2 aromatic carbocycles. The summed E-state index contributed by atoms with van der Waals surface area (Å²) in [5, 5.41) is 2.87. The Hall–Kier alpha value is -2.20. The van der Waals surface area contributed by atoms with E-state index in [9.17, 15) is 4.79 Å². The van der Waals surface area contributed by atoms with E-state index in [4.69, 9.17) is 21.1 Å². The van der Waals surface area contributed by atoms with E-state index in [0.717, 1.165) is 11.1 Å². The maximum Gasteiger partial charge on any atom is 0.251 e. The van der Waals surface area contributed by atoms with Crippen molar-refractivity contribution in [2.75, 3.05) is 6.79 Å². The first-order chi connectivity index (χ1) is 10.3. The van der Waals surface area contributed by atoms with E-state index in [1.54, 1.807) is 12.1 Å². The zero-order chi connectivity index (χ0) is 14.7. The maximum absolute atomic E-state index is 12.1. The topological polar surface area (TPSA) is 47.6 Å². The molecule has 0 fully saturated rings. The third-order valence-corrected chi connectivity index (χ3v) is 3.60. The third-order valence-electron chi connectivity index (χ3n) is 3.29. The molecule has 0 spiro atoms. The minimum Gasteiger partial charge on any atom is -0.454 e. The second-order valence-corrected chi connectivity index (χ2v) is 4.93. The van der Waals surface area contributed by atoms with Gasteiger partial charge in [0.2, 0.25) is 6.79 Å². The van der Waals surface area contributed by atoms with Crippen LogP contribution >= 0.6 is 11.6 Å². The van der Waals surface area contributed by atoms with Crippen molar-refractivity contribution < 1.29 is 14.3 Å². The Morgan fingerprint density at radius 1 is 1.14 bits per heavy atom. The summed E-state index contributed by atoms with van der Waals surface area (Å²) in [5.74, 6) is 1.73. The van der Waals surface area contributed by atoms with Crippen LogP contribution in [0.4, 0.5) is 0 Å². The zero-order valence-corrected chi connectivity index (χ0v) is 12.0. The fraction of sp³-hybridized carbons (Fsp3) is 0.188. The number of carbonyl (C=O) groups is 1. The summed E-state index contributed by atoms with van der Waals surface area (Å²) in [5.41, 5.74) is 2.49. The summed E-state index contributed by atoms with van der Waals surface area (Å²) < 4.78 is 10.7. The van der Waals surface area contributed by atoms with Crippen LogP contribution in [0.2, 0.25) is 0 Å². The molecule has 1 N–H and O–H groups in total. The van der Waals surface area contributed by atoms with Crippen LogP contribution in [0.3, 0.4) is 0 Å². The number of hydrogen-bond acceptors (Lipinski definition) is 3. The van der Waals surface area contributed by atoms with Gasteiger partial charge >= 0.3 is 0 Å². The molecule has 0 unspecified atom stereocenters. The van der Waals surface area contributed by atoms with Crippen molar-refractivity contribution in [1.82, 2.24) is 5.32 Å². The molecule has 0 atom stereocenters. The number of halogens is 1. The lowest BCUT2D eigenvalue weighted by atomic mass is 10.1. The summed E-state index contributed by atoms with van der Waals surface area (Å²) in [4.78, 5) is 12.1. The zero-order valence-electron chi connectivity index (χ0n) is 11.3. The minimum atomic E-state index is -0.132. The Balaban J connectivity index is 1.67. The average molecular weight is 304 g/mol. The number of fused-ring (bicyclic) bond motifs is 1. The fourth-order valence-corrected chi connectivity index (χ4v) is 2.33. The van der Waals surface area contributed by atoms with Gasteiger partial charge in [-0.3, -0.25) is 4.79 Å². The van der Waals surface area contributed by atoms with Crippen LogP contribution in [-0.2, 0) is 12.4 Å². The summed E-state index contributed by atoms with van der Waals surface area (Å²) in [6.45, 7) is 0.614. The lowest BCUT2D eigenvalue weighted by Crippen LogP contribution is -2.22. The summed E-state index contributed by atoms with van der Waals surface area (Å²) in [6.07, 6.45) is 0. The van der Waals surface area contributed by atoms with Gasteiger partial charge < -0.3 is 14.8 Å². The monoisotopic (exact) mass is 303 g/mol. The maximum atomic E-state index is 12.1. The first kappa shape index (κ1) is 13.8. The fourth-order valence-electron chi connectivity index (χ4n) is 2.15. The van der Waals surface area contributed by atoms with Gasteiger partial charge in [-0.1, -0.05) is 24.3 Å². The molecule has 0 bridgehead atoms. The Labute approximate surface area is 127 Å². The van der Waals surface area contributed by atoms with Crippen LogP contribution in [0.25, 0.3) is 0 Å². The molecule has 1 aliphatic heterocycles. The van der Waals surface area contributed by atoms with Crippen molar-refractivity contribution in [3.8, 4) is 11.5 Å². The predicted octanol–water partition coefficient (Wildman–Crippen LogP) is 3.08. The Morgan fingerprint density at radius 3 is 2.71 bits per heavy atom. The molecule has 5 heteroatoms. The molecule has 0 aliphatic carbocycles. The second-order valence-electron chi connectivity index (χ2n) is 4.66. The average Bonchev–Trinajstić information content (AvgIpc) is 3.02. The molecule has 0 aromatic heterocycles. The number of nitrogens with one attached hydrogen (secondary N) is 1. The van der Waals surface area contributed by atoms with Gasteiger partial charge in [-0.2, -0.15) is 0 Å². The van der Waals surface area contributed by atoms with Gasteiger partial charge in [-0.25, -0.2) is 0 Å².